The highest BCUT2D eigenvalue weighted by Gasteiger charge is 2.07. The Morgan fingerprint density at radius 1 is 1.20 bits per heavy atom. The second-order valence-corrected chi connectivity index (χ2v) is 5.47. The first-order valence-electron chi connectivity index (χ1n) is 7.76. The number of nitrogens with zero attached hydrogens (tertiary/aromatic N) is 2. The third-order valence-electron chi connectivity index (χ3n) is 3.57. The molecule has 0 saturated heterocycles. The Morgan fingerprint density at radius 2 is 2.00 bits per heavy atom. The van der Waals surface area contributed by atoms with Crippen LogP contribution < -0.4 is 10.1 Å². The van der Waals surface area contributed by atoms with E-state index in [-0.39, 0.29) is 11.9 Å². The maximum Gasteiger partial charge on any atom is 0.250 e. The van der Waals surface area contributed by atoms with E-state index in [0.717, 1.165) is 16.9 Å². The summed E-state index contributed by atoms with van der Waals surface area (Å²) in [6.45, 7) is 2.02. The Bertz CT molecular complexity index is 898. The summed E-state index contributed by atoms with van der Waals surface area (Å²) in [6, 6.07) is 15.3. The number of ether oxygens (including phenoxy) is 1. The van der Waals surface area contributed by atoms with Crippen LogP contribution in [0.15, 0.2) is 54.6 Å². The summed E-state index contributed by atoms with van der Waals surface area (Å²) >= 11 is 0. The second kappa shape index (κ2) is 7.44. The molecule has 3 rings (SSSR count). The average molecular weight is 334 g/mol. The van der Waals surface area contributed by atoms with Crippen molar-refractivity contribution in [1.29, 1.82) is 0 Å². The van der Waals surface area contributed by atoms with Crippen LogP contribution in [0.4, 0.5) is 5.95 Å². The summed E-state index contributed by atoms with van der Waals surface area (Å²) in [5.41, 5.74) is 2.94. The lowest BCUT2D eigenvalue weighted by molar-refractivity contribution is -0.111. The van der Waals surface area contributed by atoms with Gasteiger partial charge in [0, 0.05) is 11.6 Å². The largest absolute Gasteiger partial charge is 0.497 e. The van der Waals surface area contributed by atoms with Crippen LogP contribution in [0.5, 0.6) is 5.75 Å². The van der Waals surface area contributed by atoms with E-state index >= 15 is 0 Å². The third-order valence-corrected chi connectivity index (χ3v) is 3.57. The van der Waals surface area contributed by atoms with Crippen molar-refractivity contribution in [2.24, 2.45) is 0 Å². The van der Waals surface area contributed by atoms with Crippen molar-refractivity contribution in [3.05, 3.63) is 65.7 Å². The Hall–Kier alpha value is -3.41. The fraction of sp³-hybridized carbons (Fsp3) is 0.105. The summed E-state index contributed by atoms with van der Waals surface area (Å²) in [7, 11) is 1.60. The molecule has 126 valence electrons. The van der Waals surface area contributed by atoms with Gasteiger partial charge in [-0.05, 0) is 30.7 Å². The number of benzene rings is 2. The number of hydrogen-bond donors (Lipinski definition) is 2. The number of aromatic nitrogens is 3. The molecule has 1 amide bonds. The number of aromatic amines is 1. The third kappa shape index (κ3) is 4.32. The molecule has 0 radical (unpaired) electrons. The fourth-order valence-corrected chi connectivity index (χ4v) is 2.23. The average Bonchev–Trinajstić information content (AvgIpc) is 3.09. The summed E-state index contributed by atoms with van der Waals surface area (Å²) in [6.07, 6.45) is 3.13. The van der Waals surface area contributed by atoms with Gasteiger partial charge in [0.2, 0.25) is 5.95 Å². The molecule has 25 heavy (non-hydrogen) atoms. The minimum atomic E-state index is -0.308. The molecular weight excluding hydrogens is 316 g/mol. The van der Waals surface area contributed by atoms with Crippen LogP contribution in [0.3, 0.4) is 0 Å². The van der Waals surface area contributed by atoms with Gasteiger partial charge in [0.25, 0.3) is 5.91 Å². The smallest absolute Gasteiger partial charge is 0.250 e. The van der Waals surface area contributed by atoms with E-state index in [1.54, 1.807) is 13.2 Å². The molecule has 2 aromatic carbocycles. The first-order valence-corrected chi connectivity index (χ1v) is 7.76. The zero-order chi connectivity index (χ0) is 17.6. The first-order chi connectivity index (χ1) is 12.1. The van der Waals surface area contributed by atoms with E-state index in [1.807, 2.05) is 55.5 Å². The van der Waals surface area contributed by atoms with Crippen molar-refractivity contribution < 1.29 is 9.53 Å². The topological polar surface area (TPSA) is 79.9 Å². The summed E-state index contributed by atoms with van der Waals surface area (Å²) in [4.78, 5) is 16.3. The van der Waals surface area contributed by atoms with Crippen LogP contribution >= 0.6 is 0 Å². The molecule has 6 heteroatoms. The molecule has 1 heterocycles. The van der Waals surface area contributed by atoms with E-state index in [2.05, 4.69) is 20.5 Å². The number of carbonyl (C=O) groups is 1. The van der Waals surface area contributed by atoms with Crippen molar-refractivity contribution >= 4 is 17.9 Å². The number of anilines is 1. The zero-order valence-electron chi connectivity index (χ0n) is 14.0. The molecule has 0 spiro atoms. The van der Waals surface area contributed by atoms with Gasteiger partial charge >= 0.3 is 0 Å². The molecule has 0 aliphatic heterocycles. The predicted octanol–water partition coefficient (Wildman–Crippen LogP) is 3.44. The maximum absolute atomic E-state index is 12.0. The number of rotatable bonds is 5. The molecule has 0 bridgehead atoms. The standard InChI is InChI=1S/C19H18N4O2/c1-13-6-9-15(10-7-13)18-21-19(23-22-18)20-17(24)11-8-14-4-3-5-16(12-14)25-2/h3-12H,1-2H3,(H2,20,21,22,23,24)/b11-8+. The van der Waals surface area contributed by atoms with E-state index in [0.29, 0.717) is 5.82 Å². The highest BCUT2D eigenvalue weighted by molar-refractivity contribution is 6.01. The second-order valence-electron chi connectivity index (χ2n) is 5.47. The number of nitrogens with one attached hydrogen (secondary N) is 2. The molecule has 0 atom stereocenters. The van der Waals surface area contributed by atoms with Crippen molar-refractivity contribution in [2.45, 2.75) is 6.92 Å². The van der Waals surface area contributed by atoms with E-state index < -0.39 is 0 Å². The molecule has 0 aliphatic carbocycles. The van der Waals surface area contributed by atoms with Gasteiger partial charge in [-0.3, -0.25) is 15.2 Å². The lowest BCUT2D eigenvalue weighted by Crippen LogP contribution is -2.09. The lowest BCUT2D eigenvalue weighted by Gasteiger charge is -2.00. The quantitative estimate of drug-likeness (QED) is 0.701. The van der Waals surface area contributed by atoms with E-state index in [1.165, 1.54) is 11.6 Å². The maximum atomic E-state index is 12.0. The number of methoxy groups -OCH3 is 1. The summed E-state index contributed by atoms with van der Waals surface area (Å²) in [5, 5.41) is 9.47. The fourth-order valence-electron chi connectivity index (χ4n) is 2.23. The summed E-state index contributed by atoms with van der Waals surface area (Å²) < 4.78 is 5.15. The lowest BCUT2D eigenvalue weighted by atomic mass is 10.1. The van der Waals surface area contributed by atoms with Crippen molar-refractivity contribution in [3.8, 4) is 17.1 Å². The van der Waals surface area contributed by atoms with Crippen LogP contribution in [-0.4, -0.2) is 28.2 Å². The molecular formula is C19H18N4O2. The van der Waals surface area contributed by atoms with Crippen LogP contribution in [-0.2, 0) is 4.79 Å². The first kappa shape index (κ1) is 16.4. The molecule has 2 N–H and O–H groups in total. The number of amides is 1. The highest BCUT2D eigenvalue weighted by Crippen LogP contribution is 2.17. The molecule has 0 aliphatic rings. The number of hydrogen-bond acceptors (Lipinski definition) is 4. The predicted molar refractivity (Wildman–Crippen MR) is 97.2 cm³/mol. The van der Waals surface area contributed by atoms with Crippen molar-refractivity contribution in [3.63, 3.8) is 0 Å². The van der Waals surface area contributed by atoms with Gasteiger partial charge in [-0.1, -0.05) is 42.0 Å². The Kier molecular flexibility index (Phi) is 4.89. The molecule has 6 nitrogen and oxygen atoms in total. The van der Waals surface area contributed by atoms with E-state index in [9.17, 15) is 4.79 Å². The monoisotopic (exact) mass is 334 g/mol. The van der Waals surface area contributed by atoms with Crippen LogP contribution in [0.2, 0.25) is 0 Å². The minimum Gasteiger partial charge on any atom is -0.497 e. The van der Waals surface area contributed by atoms with Gasteiger partial charge in [0.15, 0.2) is 5.82 Å². The molecule has 0 unspecified atom stereocenters. The van der Waals surface area contributed by atoms with Crippen molar-refractivity contribution in [1.82, 2.24) is 15.2 Å². The zero-order valence-corrected chi connectivity index (χ0v) is 14.0. The molecule has 3 aromatic rings. The van der Waals surface area contributed by atoms with Crippen molar-refractivity contribution in [2.75, 3.05) is 12.4 Å². The normalized spacial score (nSPS) is 10.8. The summed E-state index contributed by atoms with van der Waals surface area (Å²) in [5.74, 6) is 1.26. The molecule has 1 aromatic heterocycles. The minimum absolute atomic E-state index is 0.232. The van der Waals surface area contributed by atoms with Crippen LogP contribution in [0.1, 0.15) is 11.1 Å². The van der Waals surface area contributed by atoms with Gasteiger partial charge in [-0.15, -0.1) is 5.10 Å². The number of aryl methyl sites for hydroxylation is 1. The highest BCUT2D eigenvalue weighted by atomic mass is 16.5. The van der Waals surface area contributed by atoms with Gasteiger partial charge in [-0.25, -0.2) is 0 Å². The van der Waals surface area contributed by atoms with Gasteiger partial charge in [-0.2, -0.15) is 4.98 Å². The Balaban J connectivity index is 1.65. The van der Waals surface area contributed by atoms with E-state index in [4.69, 9.17) is 4.74 Å². The van der Waals surface area contributed by atoms with Crippen LogP contribution in [0.25, 0.3) is 17.5 Å². The molecule has 0 fully saturated rings. The molecule has 0 saturated carbocycles. The Labute approximate surface area is 145 Å². The van der Waals surface area contributed by atoms with Gasteiger partial charge in [0.1, 0.15) is 5.75 Å². The number of carbonyl (C=O) groups excluding carboxylic acids is 1. The SMILES string of the molecule is COc1cccc(/C=C/C(=O)Nc2n[nH]c(-c3ccc(C)cc3)n2)c1. The van der Waals surface area contributed by atoms with Gasteiger partial charge in [0.05, 0.1) is 7.11 Å². The Morgan fingerprint density at radius 3 is 2.76 bits per heavy atom. The van der Waals surface area contributed by atoms with Crippen LogP contribution in [0, 0.1) is 6.92 Å². The van der Waals surface area contributed by atoms with Gasteiger partial charge < -0.3 is 4.74 Å². The number of H-pyrrole nitrogens is 1.